The Bertz CT molecular complexity index is 1460. The van der Waals surface area contributed by atoms with Crippen LogP contribution in [0.2, 0.25) is 10.0 Å². The Hall–Kier alpha value is -3.24. The van der Waals surface area contributed by atoms with E-state index in [1.807, 2.05) is 48.7 Å². The molecule has 0 radical (unpaired) electrons. The van der Waals surface area contributed by atoms with Crippen molar-refractivity contribution in [2.45, 2.75) is 13.1 Å². The first kappa shape index (κ1) is 24.5. The van der Waals surface area contributed by atoms with Crippen LogP contribution < -0.4 is 10.6 Å². The monoisotopic (exact) mass is 523 g/mol. The van der Waals surface area contributed by atoms with E-state index in [0.29, 0.717) is 23.1 Å². The van der Waals surface area contributed by atoms with Gasteiger partial charge in [-0.1, -0.05) is 28.4 Å². The number of imidazole rings is 1. The number of hydrogen-bond donors (Lipinski definition) is 3. The lowest BCUT2D eigenvalue weighted by Crippen LogP contribution is -2.32. The Morgan fingerprint density at radius 2 is 1.83 bits per heavy atom. The van der Waals surface area contributed by atoms with E-state index < -0.39 is 0 Å². The minimum Gasteiger partial charge on any atom is -0.383 e. The summed E-state index contributed by atoms with van der Waals surface area (Å²) in [6.45, 7) is 4.70. The second-order valence-corrected chi connectivity index (χ2v) is 9.55. The van der Waals surface area contributed by atoms with Gasteiger partial charge in [-0.2, -0.15) is 0 Å². The first-order valence-corrected chi connectivity index (χ1v) is 12.5. The topological polar surface area (TPSA) is 99.6 Å². The number of aromatic nitrogens is 6. The van der Waals surface area contributed by atoms with Crippen LogP contribution in [0.15, 0.2) is 54.9 Å². The quantitative estimate of drug-likeness (QED) is 0.223. The molecule has 186 valence electrons. The molecule has 3 aromatic heterocycles. The van der Waals surface area contributed by atoms with Crippen LogP contribution in [-0.2, 0) is 13.1 Å². The van der Waals surface area contributed by atoms with Crippen molar-refractivity contribution in [1.29, 1.82) is 0 Å². The van der Waals surface area contributed by atoms with Crippen LogP contribution in [-0.4, -0.2) is 68.1 Å². The van der Waals surface area contributed by atoms with Crippen LogP contribution in [0, 0.1) is 0 Å². The van der Waals surface area contributed by atoms with Crippen molar-refractivity contribution >= 4 is 50.8 Å². The lowest BCUT2D eigenvalue weighted by atomic mass is 10.2. The van der Waals surface area contributed by atoms with Crippen molar-refractivity contribution in [2.24, 2.45) is 0 Å². The highest BCUT2D eigenvalue weighted by atomic mass is 35.5. The summed E-state index contributed by atoms with van der Waals surface area (Å²) in [5, 5.41) is 17.9. The SMILES string of the molecule is CN(CCNCc1cn(Cc2nc3ccc(Cl)cc3[nH]2)nn1)CCNc1ccnc2cc(Cl)ccc12. The van der Waals surface area contributed by atoms with E-state index in [0.717, 1.165) is 65.3 Å². The number of aromatic amines is 1. The number of nitrogens with one attached hydrogen (secondary N) is 3. The number of fused-ring (bicyclic) bond motifs is 2. The molecule has 0 aliphatic carbocycles. The Labute approximate surface area is 218 Å². The Kier molecular flexibility index (Phi) is 7.62. The van der Waals surface area contributed by atoms with E-state index in [2.05, 4.69) is 47.8 Å². The van der Waals surface area contributed by atoms with Crippen molar-refractivity contribution in [3.8, 4) is 0 Å². The highest BCUT2D eigenvalue weighted by Crippen LogP contribution is 2.24. The lowest BCUT2D eigenvalue weighted by molar-refractivity contribution is 0.343. The third kappa shape index (κ3) is 6.11. The van der Waals surface area contributed by atoms with Crippen molar-refractivity contribution in [1.82, 2.24) is 40.2 Å². The van der Waals surface area contributed by atoms with Crippen LogP contribution >= 0.6 is 23.2 Å². The molecule has 0 saturated carbocycles. The average molecular weight is 524 g/mol. The molecule has 0 aliphatic heterocycles. The molecule has 2 aromatic carbocycles. The van der Waals surface area contributed by atoms with E-state index in [1.165, 1.54) is 0 Å². The Morgan fingerprint density at radius 1 is 1.00 bits per heavy atom. The number of likely N-dealkylation sites (N-methyl/N-ethyl adjacent to an activating group) is 1. The second kappa shape index (κ2) is 11.2. The maximum absolute atomic E-state index is 6.08. The molecule has 0 unspecified atom stereocenters. The molecule has 5 aromatic rings. The molecule has 0 aliphatic rings. The number of halogens is 2. The van der Waals surface area contributed by atoms with Crippen LogP contribution in [0.4, 0.5) is 5.69 Å². The summed E-state index contributed by atoms with van der Waals surface area (Å²) >= 11 is 12.1. The highest BCUT2D eigenvalue weighted by Gasteiger charge is 2.07. The van der Waals surface area contributed by atoms with E-state index in [9.17, 15) is 0 Å². The number of benzene rings is 2. The Morgan fingerprint density at radius 3 is 2.75 bits per heavy atom. The molecule has 0 amide bonds. The van der Waals surface area contributed by atoms with Gasteiger partial charge in [0.1, 0.15) is 12.4 Å². The summed E-state index contributed by atoms with van der Waals surface area (Å²) in [5.74, 6) is 0.815. The summed E-state index contributed by atoms with van der Waals surface area (Å²) in [5.41, 5.74) is 4.65. The van der Waals surface area contributed by atoms with Gasteiger partial charge in [0.15, 0.2) is 0 Å². The zero-order valence-electron chi connectivity index (χ0n) is 19.9. The van der Waals surface area contributed by atoms with E-state index >= 15 is 0 Å². The number of hydrogen-bond acceptors (Lipinski definition) is 7. The normalized spacial score (nSPS) is 11.7. The second-order valence-electron chi connectivity index (χ2n) is 8.68. The van der Waals surface area contributed by atoms with Crippen molar-refractivity contribution in [3.63, 3.8) is 0 Å². The van der Waals surface area contributed by atoms with E-state index in [4.69, 9.17) is 23.2 Å². The number of rotatable bonds is 11. The van der Waals surface area contributed by atoms with Crippen LogP contribution in [0.5, 0.6) is 0 Å². The van der Waals surface area contributed by atoms with Crippen LogP contribution in [0.1, 0.15) is 11.5 Å². The maximum Gasteiger partial charge on any atom is 0.129 e. The minimum atomic E-state index is 0.523. The van der Waals surface area contributed by atoms with Gasteiger partial charge in [0.05, 0.1) is 28.4 Å². The number of nitrogens with zero attached hydrogens (tertiary/aromatic N) is 6. The molecular formula is C25H27Cl2N9. The van der Waals surface area contributed by atoms with Crippen molar-refractivity contribution in [2.75, 3.05) is 38.5 Å². The standard InChI is InChI=1S/C25H27Cl2N9/c1-35(11-9-30-21-6-7-29-23-12-17(26)2-4-20(21)23)10-8-28-14-19-15-36(34-33-19)16-25-31-22-5-3-18(27)13-24(22)32-25/h2-7,12-13,15,28H,8-11,14,16H2,1H3,(H,29,30)(H,31,32). The van der Waals surface area contributed by atoms with Gasteiger partial charge in [-0.3, -0.25) is 4.98 Å². The summed E-state index contributed by atoms with van der Waals surface area (Å²) in [6, 6.07) is 13.4. The predicted octanol–water partition coefficient (Wildman–Crippen LogP) is 4.19. The van der Waals surface area contributed by atoms with Gasteiger partial charge in [-0.15, -0.1) is 5.10 Å². The third-order valence-electron chi connectivity index (χ3n) is 5.88. The lowest BCUT2D eigenvalue weighted by Gasteiger charge is -2.18. The van der Waals surface area contributed by atoms with Gasteiger partial charge in [0, 0.05) is 60.0 Å². The molecule has 0 atom stereocenters. The van der Waals surface area contributed by atoms with E-state index in [1.54, 1.807) is 10.9 Å². The first-order valence-electron chi connectivity index (χ1n) is 11.7. The van der Waals surface area contributed by atoms with Gasteiger partial charge < -0.3 is 20.5 Å². The van der Waals surface area contributed by atoms with E-state index in [-0.39, 0.29) is 0 Å². The summed E-state index contributed by atoms with van der Waals surface area (Å²) in [6.07, 6.45) is 3.74. The molecule has 36 heavy (non-hydrogen) atoms. The van der Waals surface area contributed by atoms with Gasteiger partial charge in [0.25, 0.3) is 0 Å². The number of H-pyrrole nitrogens is 1. The number of anilines is 1. The van der Waals surface area contributed by atoms with Gasteiger partial charge in [-0.05, 0) is 49.5 Å². The molecule has 0 spiro atoms. The molecule has 3 N–H and O–H groups in total. The molecule has 0 bridgehead atoms. The molecule has 0 saturated heterocycles. The molecule has 0 fully saturated rings. The smallest absolute Gasteiger partial charge is 0.129 e. The molecule has 11 heteroatoms. The van der Waals surface area contributed by atoms with Crippen molar-refractivity contribution in [3.05, 3.63) is 76.4 Å². The fourth-order valence-corrected chi connectivity index (χ4v) is 4.35. The first-order chi connectivity index (χ1) is 17.5. The minimum absolute atomic E-state index is 0.523. The average Bonchev–Trinajstić information content (AvgIpc) is 3.47. The fraction of sp³-hybridized carbons (Fsp3) is 0.280. The van der Waals surface area contributed by atoms with Gasteiger partial charge >= 0.3 is 0 Å². The molecule has 3 heterocycles. The molecule has 9 nitrogen and oxygen atoms in total. The zero-order valence-corrected chi connectivity index (χ0v) is 21.4. The fourth-order valence-electron chi connectivity index (χ4n) is 4.01. The van der Waals surface area contributed by atoms with Crippen LogP contribution in [0.3, 0.4) is 0 Å². The predicted molar refractivity (Wildman–Crippen MR) is 145 cm³/mol. The molecular weight excluding hydrogens is 497 g/mol. The Balaban J connectivity index is 1.02. The summed E-state index contributed by atoms with van der Waals surface area (Å²) < 4.78 is 1.78. The van der Waals surface area contributed by atoms with Crippen LogP contribution in [0.25, 0.3) is 21.9 Å². The maximum atomic E-state index is 6.08. The molecule has 5 rings (SSSR count). The van der Waals surface area contributed by atoms with Crippen molar-refractivity contribution < 1.29 is 0 Å². The summed E-state index contributed by atoms with van der Waals surface area (Å²) in [7, 11) is 2.12. The number of pyridine rings is 1. The largest absolute Gasteiger partial charge is 0.383 e. The van der Waals surface area contributed by atoms with Gasteiger partial charge in [-0.25, -0.2) is 9.67 Å². The third-order valence-corrected chi connectivity index (χ3v) is 6.35. The van der Waals surface area contributed by atoms with Gasteiger partial charge in [0.2, 0.25) is 0 Å². The highest BCUT2D eigenvalue weighted by molar-refractivity contribution is 6.31. The summed E-state index contributed by atoms with van der Waals surface area (Å²) in [4.78, 5) is 14.5. The zero-order chi connectivity index (χ0) is 24.9.